The van der Waals surface area contributed by atoms with Gasteiger partial charge in [0.05, 0.1) is 7.11 Å². The number of ether oxygens (including phenoxy) is 2. The zero-order valence-electron chi connectivity index (χ0n) is 17.8. The predicted molar refractivity (Wildman–Crippen MR) is 112 cm³/mol. The topological polar surface area (TPSA) is 112 Å². The zero-order chi connectivity index (χ0) is 21.9. The van der Waals surface area contributed by atoms with E-state index in [0.717, 1.165) is 16.9 Å². The third-order valence-corrected chi connectivity index (χ3v) is 4.12. The fourth-order valence-electron chi connectivity index (χ4n) is 2.82. The summed E-state index contributed by atoms with van der Waals surface area (Å²) in [5, 5.41) is 19.4. The molecular formula is C21H24N6O3. The molecule has 0 spiro atoms. The summed E-state index contributed by atoms with van der Waals surface area (Å²) in [7, 11) is 1.61. The lowest BCUT2D eigenvalue weighted by Gasteiger charge is -2.19. The summed E-state index contributed by atoms with van der Waals surface area (Å²) in [5.41, 5.74) is 3.06. The highest BCUT2D eigenvalue weighted by molar-refractivity contribution is 5.85. The molecular weight excluding hydrogens is 384 g/mol. The molecule has 9 heteroatoms. The van der Waals surface area contributed by atoms with Crippen molar-refractivity contribution in [3.05, 3.63) is 41.6 Å². The van der Waals surface area contributed by atoms with Gasteiger partial charge in [-0.3, -0.25) is 10.3 Å². The van der Waals surface area contributed by atoms with Crippen LogP contribution in [0.1, 0.15) is 31.9 Å². The van der Waals surface area contributed by atoms with Gasteiger partial charge in [0.2, 0.25) is 11.6 Å². The number of amides is 1. The van der Waals surface area contributed by atoms with Crippen molar-refractivity contribution in [1.82, 2.24) is 25.4 Å². The van der Waals surface area contributed by atoms with Gasteiger partial charge in [0, 0.05) is 28.6 Å². The van der Waals surface area contributed by atoms with Crippen molar-refractivity contribution in [3.8, 4) is 28.7 Å². The average Bonchev–Trinajstić information content (AvgIpc) is 2.68. The summed E-state index contributed by atoms with van der Waals surface area (Å²) in [4.78, 5) is 16.2. The molecule has 0 unspecified atom stereocenters. The van der Waals surface area contributed by atoms with Crippen molar-refractivity contribution in [1.29, 1.82) is 0 Å². The lowest BCUT2D eigenvalue weighted by Crippen LogP contribution is -2.27. The summed E-state index contributed by atoms with van der Waals surface area (Å²) in [6.45, 7) is 9.23. The number of pyridine rings is 1. The average molecular weight is 408 g/mol. The maximum atomic E-state index is 11.9. The van der Waals surface area contributed by atoms with E-state index < -0.39 is 11.7 Å². The highest BCUT2D eigenvalue weighted by atomic mass is 16.6. The van der Waals surface area contributed by atoms with Gasteiger partial charge < -0.3 is 9.47 Å². The van der Waals surface area contributed by atoms with Crippen molar-refractivity contribution < 1.29 is 14.3 Å². The highest BCUT2D eigenvalue weighted by Gasteiger charge is 2.17. The SMILES string of the molecule is COc1c(C)cnc(-c2nnc(-c3ccc(NC(=O)OC(C)(C)C)cc3)nn2)c1C. The third-order valence-electron chi connectivity index (χ3n) is 4.12. The van der Waals surface area contributed by atoms with Crippen LogP contribution in [0, 0.1) is 13.8 Å². The molecule has 0 aliphatic heterocycles. The van der Waals surface area contributed by atoms with Crippen molar-refractivity contribution in [2.75, 3.05) is 12.4 Å². The van der Waals surface area contributed by atoms with Crippen molar-refractivity contribution >= 4 is 11.8 Å². The van der Waals surface area contributed by atoms with Crippen LogP contribution in [-0.2, 0) is 4.74 Å². The number of nitrogens with one attached hydrogen (secondary N) is 1. The predicted octanol–water partition coefficient (Wildman–Crippen LogP) is 3.97. The molecule has 0 atom stereocenters. The van der Waals surface area contributed by atoms with E-state index in [1.165, 1.54) is 0 Å². The van der Waals surface area contributed by atoms with E-state index in [0.29, 0.717) is 28.6 Å². The Labute approximate surface area is 174 Å². The summed E-state index contributed by atoms with van der Waals surface area (Å²) in [5.74, 6) is 1.41. The van der Waals surface area contributed by atoms with E-state index in [2.05, 4.69) is 30.7 Å². The Morgan fingerprint density at radius 3 is 2.13 bits per heavy atom. The van der Waals surface area contributed by atoms with Gasteiger partial charge in [-0.1, -0.05) is 0 Å². The second-order valence-corrected chi connectivity index (χ2v) is 7.70. The highest BCUT2D eigenvalue weighted by Crippen LogP contribution is 2.28. The number of methoxy groups -OCH3 is 1. The largest absolute Gasteiger partial charge is 0.496 e. The molecule has 1 N–H and O–H groups in total. The van der Waals surface area contributed by atoms with Crippen LogP contribution >= 0.6 is 0 Å². The fourth-order valence-corrected chi connectivity index (χ4v) is 2.82. The van der Waals surface area contributed by atoms with E-state index in [1.54, 1.807) is 58.3 Å². The van der Waals surface area contributed by atoms with Gasteiger partial charge in [-0.05, 0) is 58.9 Å². The van der Waals surface area contributed by atoms with Crippen LogP contribution < -0.4 is 10.1 Å². The van der Waals surface area contributed by atoms with Gasteiger partial charge in [0.25, 0.3) is 0 Å². The van der Waals surface area contributed by atoms with Crippen molar-refractivity contribution in [3.63, 3.8) is 0 Å². The van der Waals surface area contributed by atoms with Gasteiger partial charge in [0.1, 0.15) is 17.0 Å². The fraction of sp³-hybridized carbons (Fsp3) is 0.333. The van der Waals surface area contributed by atoms with Crippen LogP contribution in [0.15, 0.2) is 30.5 Å². The number of benzene rings is 1. The quantitative estimate of drug-likeness (QED) is 0.690. The molecule has 9 nitrogen and oxygen atoms in total. The molecule has 0 aliphatic rings. The van der Waals surface area contributed by atoms with E-state index in [-0.39, 0.29) is 0 Å². The van der Waals surface area contributed by atoms with E-state index >= 15 is 0 Å². The van der Waals surface area contributed by atoms with Gasteiger partial charge in [-0.2, -0.15) is 0 Å². The molecule has 0 aliphatic carbocycles. The molecule has 0 saturated carbocycles. The Morgan fingerprint density at radius 1 is 0.967 bits per heavy atom. The zero-order valence-corrected chi connectivity index (χ0v) is 17.8. The molecule has 0 bridgehead atoms. The first-order valence-corrected chi connectivity index (χ1v) is 9.36. The Morgan fingerprint density at radius 2 is 1.57 bits per heavy atom. The number of aromatic nitrogens is 5. The Bertz CT molecular complexity index is 1040. The van der Waals surface area contributed by atoms with Crippen LogP contribution in [0.5, 0.6) is 5.75 Å². The molecule has 156 valence electrons. The number of anilines is 1. The number of hydrogen-bond donors (Lipinski definition) is 1. The number of hydrogen-bond acceptors (Lipinski definition) is 8. The third kappa shape index (κ3) is 4.86. The van der Waals surface area contributed by atoms with E-state index in [1.807, 2.05) is 13.8 Å². The normalized spacial score (nSPS) is 11.1. The molecule has 0 saturated heterocycles. The molecule has 3 aromatic rings. The number of carbonyl (C=O) groups is 1. The molecule has 2 aromatic heterocycles. The molecule has 1 aromatic carbocycles. The summed E-state index contributed by atoms with van der Waals surface area (Å²) in [6, 6.07) is 6.99. The first-order chi connectivity index (χ1) is 14.2. The number of nitrogens with zero attached hydrogens (tertiary/aromatic N) is 5. The smallest absolute Gasteiger partial charge is 0.412 e. The summed E-state index contributed by atoms with van der Waals surface area (Å²) in [6.07, 6.45) is 1.19. The molecule has 0 fully saturated rings. The maximum absolute atomic E-state index is 11.9. The van der Waals surface area contributed by atoms with Gasteiger partial charge in [0.15, 0.2) is 0 Å². The monoisotopic (exact) mass is 408 g/mol. The minimum Gasteiger partial charge on any atom is -0.496 e. The van der Waals surface area contributed by atoms with E-state index in [4.69, 9.17) is 9.47 Å². The number of aryl methyl sites for hydroxylation is 1. The number of rotatable bonds is 4. The maximum Gasteiger partial charge on any atom is 0.412 e. The standard InChI is InChI=1S/C21H24N6O3/c1-12-11-22-16(13(2)17(12)29-6)19-26-24-18(25-27-19)14-7-9-15(10-8-14)23-20(28)30-21(3,4)5/h7-11H,1-6H3,(H,23,28). The minimum absolute atomic E-state index is 0.317. The Hall–Kier alpha value is -3.62. The molecule has 3 rings (SSSR count). The molecule has 2 heterocycles. The van der Waals surface area contributed by atoms with Crippen LogP contribution in [0.25, 0.3) is 22.9 Å². The van der Waals surface area contributed by atoms with Gasteiger partial charge in [-0.25, -0.2) is 4.79 Å². The summed E-state index contributed by atoms with van der Waals surface area (Å²) < 4.78 is 10.7. The van der Waals surface area contributed by atoms with E-state index in [9.17, 15) is 4.79 Å². The lowest BCUT2D eigenvalue weighted by molar-refractivity contribution is 0.0636. The van der Waals surface area contributed by atoms with Crippen molar-refractivity contribution in [2.45, 2.75) is 40.2 Å². The van der Waals surface area contributed by atoms with Gasteiger partial charge >= 0.3 is 6.09 Å². The number of carbonyl (C=O) groups excluding carboxylic acids is 1. The second-order valence-electron chi connectivity index (χ2n) is 7.70. The van der Waals surface area contributed by atoms with Crippen molar-refractivity contribution in [2.24, 2.45) is 0 Å². The van der Waals surface area contributed by atoms with Crippen LogP contribution in [0.2, 0.25) is 0 Å². The first kappa shape index (κ1) is 21.1. The molecule has 1 amide bonds. The second kappa shape index (κ2) is 8.40. The Balaban J connectivity index is 1.76. The first-order valence-electron chi connectivity index (χ1n) is 9.36. The minimum atomic E-state index is -0.564. The Kier molecular flexibility index (Phi) is 5.91. The van der Waals surface area contributed by atoms with Gasteiger partial charge in [-0.15, -0.1) is 20.4 Å². The molecule has 0 radical (unpaired) electrons. The van der Waals surface area contributed by atoms with Crippen LogP contribution in [0.3, 0.4) is 0 Å². The van der Waals surface area contributed by atoms with Crippen LogP contribution in [0.4, 0.5) is 10.5 Å². The molecule has 30 heavy (non-hydrogen) atoms. The summed E-state index contributed by atoms with van der Waals surface area (Å²) >= 11 is 0. The lowest BCUT2D eigenvalue weighted by atomic mass is 10.1. The van der Waals surface area contributed by atoms with Crippen LogP contribution in [-0.4, -0.2) is 44.2 Å².